The molecule has 0 spiro atoms. The molecular formula is C112H88N2. The van der Waals surface area contributed by atoms with Crippen molar-refractivity contribution in [3.63, 3.8) is 0 Å². The van der Waals surface area contributed by atoms with E-state index in [-0.39, 0.29) is 0 Å². The largest absolute Gasteiger partial charge is 0.310 e. The molecule has 18 rings (SSSR count). The maximum absolute atomic E-state index is 2.40. The number of aryl methyl sites for hydroxylation is 3. The molecule has 0 amide bonds. The Morgan fingerprint density at radius 1 is 0.281 bits per heavy atom. The Morgan fingerprint density at radius 3 is 1.27 bits per heavy atom. The first-order valence-corrected chi connectivity index (χ1v) is 39.7. The lowest BCUT2D eigenvalue weighted by Gasteiger charge is -2.27. The fourth-order valence-corrected chi connectivity index (χ4v) is 16.3. The van der Waals surface area contributed by atoms with E-state index in [1.54, 1.807) is 0 Å². The third-order valence-corrected chi connectivity index (χ3v) is 22.2. The number of nitrogens with zero attached hydrogens (tertiary/aromatic N) is 2. The van der Waals surface area contributed by atoms with Crippen LogP contribution in [0, 0.1) is 13.8 Å². The number of benzene rings is 17. The molecule has 1 aliphatic rings. The van der Waals surface area contributed by atoms with E-state index < -0.39 is 0 Å². The Labute approximate surface area is 672 Å². The SMILES string of the molecule is C/C=C(/c1ccc(N(c2ccc(-c3cccc4ccccc34)cc2)c2ccc(-c3ccccc3-c3ccccc3)c(-c3ccc(-c4ccccc4)cc3)c2)cc1)c1ccccc1C.C/C=C\c1cc(-c2ccc(N(c3ccc(-c4ccc5c(c4)CCC=C5)cc3)c3ccc(-c4ccccc4)c(-c4ccccc4)c3)cc2)ccc1C. The maximum atomic E-state index is 2.40. The normalized spacial score (nSPS) is 11.8. The van der Waals surface area contributed by atoms with E-state index in [1.807, 2.05) is 0 Å². The molecule has 0 heterocycles. The minimum atomic E-state index is 1.08. The molecule has 0 atom stereocenters. The van der Waals surface area contributed by atoms with Crippen molar-refractivity contribution in [1.29, 1.82) is 0 Å². The van der Waals surface area contributed by atoms with E-state index in [0.717, 1.165) is 52.5 Å². The van der Waals surface area contributed by atoms with Crippen LogP contribution in [0.3, 0.4) is 0 Å². The highest BCUT2D eigenvalue weighted by atomic mass is 15.1. The van der Waals surface area contributed by atoms with Gasteiger partial charge in [-0.15, -0.1) is 0 Å². The standard InChI is InChI=1S/C62H47N.C50H41N/c1-3-55(56-24-12-10-17-44(56)2)49-33-37-52(38-34-49)63(53-39-35-50(36-40-53)58-28-16-23-48-22-11-13-25-57(48)58)54-41-42-61(60-27-15-14-26-59(60)47-20-8-5-9-21-47)62(43-54)51-31-29-46(30-32-51)45-18-6-4-7-19-45;1-3-12-42-33-44(20-19-36(42)2)38-23-27-46(28-24-38)51(47-29-25-39(26-30-47)45-22-21-37-13-10-11-18-43(37)34-45)48-31-32-49(40-14-6-4-7-15-40)50(35-48)41-16-8-5-9-17-41/h3-43H,1-2H3;3-10,12-17,19-35H,11,18H2,1-2H3/b55-3-;12-3-. The molecule has 0 radical (unpaired) electrons. The van der Waals surface area contributed by atoms with Gasteiger partial charge in [0.05, 0.1) is 0 Å². The highest BCUT2D eigenvalue weighted by molar-refractivity contribution is 5.99. The fourth-order valence-electron chi connectivity index (χ4n) is 16.3. The van der Waals surface area contributed by atoms with E-state index in [1.165, 1.54) is 150 Å². The topological polar surface area (TPSA) is 6.48 Å². The zero-order valence-electron chi connectivity index (χ0n) is 64.9. The predicted octanol–water partition coefficient (Wildman–Crippen LogP) is 31.5. The van der Waals surface area contributed by atoms with Crippen LogP contribution in [0.5, 0.6) is 0 Å². The molecule has 1 aliphatic carbocycles. The van der Waals surface area contributed by atoms with Gasteiger partial charge in [0.25, 0.3) is 0 Å². The minimum Gasteiger partial charge on any atom is -0.310 e. The molecule has 0 saturated heterocycles. The molecule has 0 N–H and O–H groups in total. The van der Waals surface area contributed by atoms with Gasteiger partial charge >= 0.3 is 0 Å². The molecule has 17 aromatic carbocycles. The molecule has 114 heavy (non-hydrogen) atoms. The summed E-state index contributed by atoms with van der Waals surface area (Å²) in [5.74, 6) is 0. The lowest BCUT2D eigenvalue weighted by Crippen LogP contribution is -2.10. The van der Waals surface area contributed by atoms with Gasteiger partial charge in [0.2, 0.25) is 0 Å². The molecule has 0 unspecified atom stereocenters. The summed E-state index contributed by atoms with van der Waals surface area (Å²) in [6, 6.07) is 148. The quantitative estimate of drug-likeness (QED) is 0.0845. The van der Waals surface area contributed by atoms with Gasteiger partial charge in [0.15, 0.2) is 0 Å². The zero-order chi connectivity index (χ0) is 77.1. The number of anilines is 6. The van der Waals surface area contributed by atoms with Gasteiger partial charge in [0.1, 0.15) is 0 Å². The minimum absolute atomic E-state index is 1.08. The Morgan fingerprint density at radius 2 is 0.675 bits per heavy atom. The van der Waals surface area contributed by atoms with Gasteiger partial charge in [-0.05, 0) is 275 Å². The molecule has 2 nitrogen and oxygen atoms in total. The third kappa shape index (κ3) is 15.6. The first-order chi connectivity index (χ1) is 56.3. The second kappa shape index (κ2) is 33.6. The molecule has 0 saturated carbocycles. The van der Waals surface area contributed by atoms with E-state index in [2.05, 4.69) is 474 Å². The van der Waals surface area contributed by atoms with Gasteiger partial charge in [-0.25, -0.2) is 0 Å². The number of fused-ring (bicyclic) bond motifs is 2. The predicted molar refractivity (Wildman–Crippen MR) is 489 cm³/mol. The van der Waals surface area contributed by atoms with Crippen molar-refractivity contribution >= 4 is 62.6 Å². The van der Waals surface area contributed by atoms with E-state index in [4.69, 9.17) is 0 Å². The number of hydrogen-bond acceptors (Lipinski definition) is 2. The van der Waals surface area contributed by atoms with Gasteiger partial charge in [-0.3, -0.25) is 0 Å². The van der Waals surface area contributed by atoms with Crippen LogP contribution in [0.15, 0.2) is 425 Å². The van der Waals surface area contributed by atoms with Gasteiger partial charge in [0, 0.05) is 34.1 Å². The summed E-state index contributed by atoms with van der Waals surface area (Å²) < 4.78 is 0. The molecule has 0 bridgehead atoms. The first-order valence-electron chi connectivity index (χ1n) is 39.7. The Hall–Kier alpha value is -14.2. The molecule has 2 heteroatoms. The lowest BCUT2D eigenvalue weighted by atomic mass is 9.88. The van der Waals surface area contributed by atoms with Crippen LogP contribution in [0.1, 0.15) is 59.2 Å². The Bertz CT molecular complexity index is 6310. The van der Waals surface area contributed by atoms with Crippen LogP contribution in [0.25, 0.3) is 129 Å². The average molecular weight is 1460 g/mol. The van der Waals surface area contributed by atoms with Crippen LogP contribution in [0.4, 0.5) is 34.1 Å². The molecule has 0 aromatic heterocycles. The van der Waals surface area contributed by atoms with Crippen molar-refractivity contribution in [2.45, 2.75) is 40.5 Å². The van der Waals surface area contributed by atoms with Crippen LogP contribution in [0.2, 0.25) is 0 Å². The summed E-state index contributed by atoms with van der Waals surface area (Å²) in [4.78, 5) is 4.78. The average Bonchev–Trinajstić information content (AvgIpc) is 0.771. The Balaban J connectivity index is 0.000000168. The van der Waals surface area contributed by atoms with Crippen LogP contribution in [-0.2, 0) is 6.42 Å². The van der Waals surface area contributed by atoms with Crippen molar-refractivity contribution in [3.05, 3.63) is 464 Å². The molecule has 17 aromatic rings. The van der Waals surface area contributed by atoms with Gasteiger partial charge < -0.3 is 9.80 Å². The second-order valence-electron chi connectivity index (χ2n) is 29.4. The van der Waals surface area contributed by atoms with Gasteiger partial charge in [-0.2, -0.15) is 0 Å². The van der Waals surface area contributed by atoms with Crippen LogP contribution >= 0.6 is 0 Å². The summed E-state index contributed by atoms with van der Waals surface area (Å²) in [5.41, 5.74) is 38.5. The third-order valence-electron chi connectivity index (χ3n) is 22.2. The lowest BCUT2D eigenvalue weighted by molar-refractivity contribution is 0.986. The molecule has 0 fully saturated rings. The zero-order valence-corrected chi connectivity index (χ0v) is 64.9. The van der Waals surface area contributed by atoms with Crippen molar-refractivity contribution in [1.82, 2.24) is 0 Å². The summed E-state index contributed by atoms with van der Waals surface area (Å²) in [5, 5.41) is 2.49. The molecule has 546 valence electrons. The first kappa shape index (κ1) is 72.7. The summed E-state index contributed by atoms with van der Waals surface area (Å²) in [7, 11) is 0. The monoisotopic (exact) mass is 1460 g/mol. The van der Waals surface area contributed by atoms with E-state index >= 15 is 0 Å². The second-order valence-corrected chi connectivity index (χ2v) is 29.4. The highest BCUT2D eigenvalue weighted by Crippen LogP contribution is 2.47. The fraction of sp³-hybridized carbons (Fsp3) is 0.0536. The number of hydrogen-bond donors (Lipinski definition) is 0. The Kier molecular flexibility index (Phi) is 21.4. The summed E-state index contributed by atoms with van der Waals surface area (Å²) >= 11 is 0. The smallest absolute Gasteiger partial charge is 0.0468 e. The van der Waals surface area contributed by atoms with Crippen LogP contribution in [-0.4, -0.2) is 0 Å². The van der Waals surface area contributed by atoms with E-state index in [9.17, 15) is 0 Å². The molecular weight excluding hydrogens is 1370 g/mol. The van der Waals surface area contributed by atoms with Crippen molar-refractivity contribution in [2.24, 2.45) is 0 Å². The van der Waals surface area contributed by atoms with E-state index in [0.29, 0.717) is 0 Å². The summed E-state index contributed by atoms with van der Waals surface area (Å²) in [6.07, 6.45) is 13.2. The van der Waals surface area contributed by atoms with Crippen LogP contribution < -0.4 is 9.80 Å². The van der Waals surface area contributed by atoms with Crippen molar-refractivity contribution < 1.29 is 0 Å². The van der Waals surface area contributed by atoms with Crippen molar-refractivity contribution in [2.75, 3.05) is 9.80 Å². The number of rotatable bonds is 18. The van der Waals surface area contributed by atoms with Crippen molar-refractivity contribution in [3.8, 4) is 100 Å². The maximum Gasteiger partial charge on any atom is 0.0468 e. The molecule has 0 aliphatic heterocycles. The van der Waals surface area contributed by atoms with Gasteiger partial charge in [-0.1, -0.05) is 358 Å². The number of allylic oxidation sites excluding steroid dienone is 3. The summed E-state index contributed by atoms with van der Waals surface area (Å²) in [6.45, 7) is 8.56. The highest BCUT2D eigenvalue weighted by Gasteiger charge is 2.22.